The largest absolute Gasteiger partial charge is 0.472 e. The van der Waals surface area contributed by atoms with Crippen molar-refractivity contribution in [1.82, 2.24) is 0 Å². The number of hydrogen-bond donors (Lipinski definition) is 2. The van der Waals surface area contributed by atoms with Gasteiger partial charge in [0.05, 0.1) is 13.2 Å². The van der Waals surface area contributed by atoms with Crippen LogP contribution in [0.1, 0.15) is 219 Å². The van der Waals surface area contributed by atoms with Crippen LogP contribution in [0.4, 0.5) is 0 Å². The van der Waals surface area contributed by atoms with Crippen molar-refractivity contribution in [2.45, 2.75) is 225 Å². The number of phosphoric ester groups is 1. The molecule has 10 heteroatoms. The van der Waals surface area contributed by atoms with Crippen molar-refractivity contribution in [3.63, 3.8) is 0 Å². The molecule has 0 aliphatic rings. The minimum Gasteiger partial charge on any atom is -0.462 e. The summed E-state index contributed by atoms with van der Waals surface area (Å²) in [6.45, 7) is 3.73. The van der Waals surface area contributed by atoms with Crippen LogP contribution in [0, 0.1) is 0 Å². The lowest BCUT2D eigenvalue weighted by Crippen LogP contribution is -2.29. The van der Waals surface area contributed by atoms with Gasteiger partial charge in [-0.25, -0.2) is 4.57 Å². The highest BCUT2D eigenvalue weighted by molar-refractivity contribution is 7.47. The number of nitrogens with two attached hydrogens (primary N) is 1. The van der Waals surface area contributed by atoms with Crippen LogP contribution in [0.15, 0.2) is 24.3 Å². The van der Waals surface area contributed by atoms with Crippen LogP contribution in [0.2, 0.25) is 0 Å². The number of hydrogen-bond acceptors (Lipinski definition) is 8. The Morgan fingerprint density at radius 2 is 0.891 bits per heavy atom. The lowest BCUT2D eigenvalue weighted by atomic mass is 10.1. The molecule has 0 aliphatic carbocycles. The van der Waals surface area contributed by atoms with Crippen LogP contribution >= 0.6 is 7.82 Å². The van der Waals surface area contributed by atoms with Gasteiger partial charge in [0.1, 0.15) is 6.61 Å². The number of phosphoric acid groups is 1. The smallest absolute Gasteiger partial charge is 0.462 e. The molecule has 0 spiro atoms. The molecule has 9 nitrogen and oxygen atoms in total. The summed E-state index contributed by atoms with van der Waals surface area (Å²) in [5, 5.41) is 0. The molecule has 0 heterocycles. The monoisotopic (exact) mass is 800 g/mol. The second-order valence-corrected chi connectivity index (χ2v) is 16.7. The van der Waals surface area contributed by atoms with E-state index in [0.717, 1.165) is 57.8 Å². The van der Waals surface area contributed by atoms with Crippen LogP contribution in [-0.2, 0) is 32.7 Å². The predicted molar refractivity (Wildman–Crippen MR) is 229 cm³/mol. The molecular weight excluding hydrogens is 713 g/mol. The Labute approximate surface area is 338 Å². The third-order valence-electron chi connectivity index (χ3n) is 9.81. The van der Waals surface area contributed by atoms with Crippen LogP contribution < -0.4 is 5.73 Å². The lowest BCUT2D eigenvalue weighted by Gasteiger charge is -2.19. The highest BCUT2D eigenvalue weighted by atomic mass is 31.2. The summed E-state index contributed by atoms with van der Waals surface area (Å²) in [6, 6.07) is 0. The van der Waals surface area contributed by atoms with Crippen molar-refractivity contribution in [2.75, 3.05) is 26.4 Å². The van der Waals surface area contributed by atoms with E-state index in [9.17, 15) is 19.0 Å². The molecule has 2 atom stereocenters. The molecule has 55 heavy (non-hydrogen) atoms. The predicted octanol–water partition coefficient (Wildman–Crippen LogP) is 13.2. The summed E-state index contributed by atoms with van der Waals surface area (Å²) in [7, 11) is -4.38. The second-order valence-electron chi connectivity index (χ2n) is 15.3. The molecular formula is C45H86NO8P. The number of ether oxygens (including phenoxy) is 2. The molecule has 0 bridgehead atoms. The van der Waals surface area contributed by atoms with E-state index in [0.29, 0.717) is 6.42 Å². The van der Waals surface area contributed by atoms with E-state index in [1.54, 1.807) is 0 Å². The molecule has 0 aromatic rings. The molecule has 0 radical (unpaired) electrons. The second kappa shape index (κ2) is 42.1. The molecule has 0 amide bonds. The van der Waals surface area contributed by atoms with Gasteiger partial charge < -0.3 is 20.1 Å². The number of rotatable bonds is 43. The zero-order valence-corrected chi connectivity index (χ0v) is 36.6. The highest BCUT2D eigenvalue weighted by Gasteiger charge is 2.26. The zero-order valence-electron chi connectivity index (χ0n) is 35.7. The standard InChI is InChI=1S/C45H86NO8P/c1-3-5-7-9-11-13-15-17-19-20-21-22-24-26-28-30-32-34-36-38-45(48)54-43(42-53-55(49,50)52-40-39-46)41-51-44(47)37-35-33-31-29-27-25-23-18-16-14-12-10-8-6-4-2/h17-19,23,43H,3-16,20-22,24-42,46H2,1-2H3,(H,49,50)/b19-17+,23-18+/t43-/m1/s1. The molecule has 0 aliphatic heterocycles. The summed E-state index contributed by atoms with van der Waals surface area (Å²) >= 11 is 0. The van der Waals surface area contributed by atoms with E-state index in [1.807, 2.05) is 0 Å². The van der Waals surface area contributed by atoms with Gasteiger partial charge in [0.2, 0.25) is 0 Å². The fraction of sp³-hybridized carbons (Fsp3) is 0.867. The average Bonchev–Trinajstić information content (AvgIpc) is 3.17. The molecule has 0 rings (SSSR count). The summed E-state index contributed by atoms with van der Waals surface area (Å²) < 4.78 is 32.8. The van der Waals surface area contributed by atoms with E-state index in [4.69, 9.17) is 24.3 Å². The van der Waals surface area contributed by atoms with Crippen molar-refractivity contribution in [3.05, 3.63) is 24.3 Å². The number of unbranched alkanes of at least 4 members (excludes halogenated alkanes) is 26. The fourth-order valence-electron chi connectivity index (χ4n) is 6.39. The molecule has 324 valence electrons. The maximum Gasteiger partial charge on any atom is 0.472 e. The van der Waals surface area contributed by atoms with Crippen molar-refractivity contribution in [3.8, 4) is 0 Å². The van der Waals surface area contributed by atoms with E-state index in [2.05, 4.69) is 38.2 Å². The van der Waals surface area contributed by atoms with Crippen LogP contribution in [0.5, 0.6) is 0 Å². The first-order valence-corrected chi connectivity index (χ1v) is 24.3. The molecule has 1 unspecified atom stereocenters. The van der Waals surface area contributed by atoms with Gasteiger partial charge in [0.25, 0.3) is 0 Å². The van der Waals surface area contributed by atoms with Gasteiger partial charge in [0.15, 0.2) is 6.10 Å². The SMILES string of the molecule is CCCCCCCC/C=C/CCCCCCCCCCCC(=O)O[C@H](COC(=O)CCCCCCC/C=C/CCCCCCCC)COP(=O)(O)OCCN. The molecule has 0 saturated carbocycles. The van der Waals surface area contributed by atoms with Crippen molar-refractivity contribution >= 4 is 19.8 Å². The minimum atomic E-state index is -4.38. The number of esters is 2. The first-order chi connectivity index (χ1) is 26.8. The number of carbonyl (C=O) groups excluding carboxylic acids is 2. The Balaban J connectivity index is 4.11. The maximum atomic E-state index is 12.6. The van der Waals surface area contributed by atoms with E-state index in [1.165, 1.54) is 128 Å². The normalized spacial score (nSPS) is 13.5. The van der Waals surface area contributed by atoms with Gasteiger partial charge >= 0.3 is 19.8 Å². The maximum absolute atomic E-state index is 12.6. The quantitative estimate of drug-likeness (QED) is 0.0267. The first kappa shape index (κ1) is 53.5. The van der Waals surface area contributed by atoms with Gasteiger partial charge in [-0.05, 0) is 64.2 Å². The lowest BCUT2D eigenvalue weighted by molar-refractivity contribution is -0.161. The Kier molecular flexibility index (Phi) is 40.9. The van der Waals surface area contributed by atoms with Gasteiger partial charge in [-0.1, -0.05) is 167 Å². The van der Waals surface area contributed by atoms with E-state index >= 15 is 0 Å². The summed E-state index contributed by atoms with van der Waals surface area (Å²) in [6.07, 6.45) is 44.9. The van der Waals surface area contributed by atoms with Gasteiger partial charge in [0, 0.05) is 19.4 Å². The van der Waals surface area contributed by atoms with Crippen LogP contribution in [0.3, 0.4) is 0 Å². The van der Waals surface area contributed by atoms with Crippen LogP contribution in [0.25, 0.3) is 0 Å². The Morgan fingerprint density at radius 3 is 1.29 bits per heavy atom. The third kappa shape index (κ3) is 41.9. The van der Waals surface area contributed by atoms with Gasteiger partial charge in [-0.3, -0.25) is 18.6 Å². The summed E-state index contributed by atoms with van der Waals surface area (Å²) in [5.74, 6) is -0.834. The van der Waals surface area contributed by atoms with E-state index < -0.39 is 26.5 Å². The highest BCUT2D eigenvalue weighted by Crippen LogP contribution is 2.43. The third-order valence-corrected chi connectivity index (χ3v) is 10.8. The van der Waals surface area contributed by atoms with E-state index in [-0.39, 0.29) is 38.6 Å². The average molecular weight is 800 g/mol. The minimum absolute atomic E-state index is 0.0531. The van der Waals surface area contributed by atoms with Crippen molar-refractivity contribution in [1.29, 1.82) is 0 Å². The topological polar surface area (TPSA) is 134 Å². The van der Waals surface area contributed by atoms with Gasteiger partial charge in [-0.2, -0.15) is 0 Å². The Morgan fingerprint density at radius 1 is 0.527 bits per heavy atom. The molecule has 0 aromatic carbocycles. The number of allylic oxidation sites excluding steroid dienone is 4. The van der Waals surface area contributed by atoms with Crippen LogP contribution in [-0.4, -0.2) is 49.3 Å². The zero-order chi connectivity index (χ0) is 40.3. The summed E-state index contributed by atoms with van der Waals surface area (Å²) in [5.41, 5.74) is 5.35. The first-order valence-electron chi connectivity index (χ1n) is 22.8. The number of carbonyl (C=O) groups is 2. The molecule has 0 fully saturated rings. The summed E-state index contributed by atoms with van der Waals surface area (Å²) in [4.78, 5) is 34.9. The van der Waals surface area contributed by atoms with Gasteiger partial charge in [-0.15, -0.1) is 0 Å². The van der Waals surface area contributed by atoms with Crippen molar-refractivity contribution in [2.24, 2.45) is 5.73 Å². The molecule has 0 aromatic heterocycles. The molecule has 0 saturated heterocycles. The Hall–Kier alpha value is -1.51. The Bertz CT molecular complexity index is 959. The fourth-order valence-corrected chi connectivity index (χ4v) is 7.15. The van der Waals surface area contributed by atoms with Crippen molar-refractivity contribution < 1.29 is 37.6 Å². The molecule has 3 N–H and O–H groups in total.